The lowest BCUT2D eigenvalue weighted by Crippen LogP contribution is -2.44. The number of anilines is 3. The van der Waals surface area contributed by atoms with E-state index in [0.717, 1.165) is 11.4 Å². The molecule has 0 bridgehead atoms. The molecule has 10 heteroatoms. The Bertz CT molecular complexity index is 1330. The van der Waals surface area contributed by atoms with Gasteiger partial charge in [0, 0.05) is 30.5 Å². The van der Waals surface area contributed by atoms with E-state index in [0.29, 0.717) is 16.7 Å². The zero-order valence-corrected chi connectivity index (χ0v) is 19.5. The summed E-state index contributed by atoms with van der Waals surface area (Å²) >= 11 is 0. The summed E-state index contributed by atoms with van der Waals surface area (Å²) in [6, 6.07) is 11.8. The van der Waals surface area contributed by atoms with Crippen molar-refractivity contribution in [1.29, 1.82) is 0 Å². The first-order valence-corrected chi connectivity index (χ1v) is 10.9. The third-order valence-electron chi connectivity index (χ3n) is 5.43. The van der Waals surface area contributed by atoms with E-state index >= 15 is 0 Å². The van der Waals surface area contributed by atoms with Crippen molar-refractivity contribution in [3.8, 4) is 0 Å². The Morgan fingerprint density at radius 3 is 2.29 bits per heavy atom. The van der Waals surface area contributed by atoms with Crippen molar-refractivity contribution < 1.29 is 19.1 Å². The molecular formula is C24H27N5O5. The molecule has 178 valence electrons. The first kappa shape index (κ1) is 23.1. The number of fused-ring (bicyclic) bond motifs is 1. The monoisotopic (exact) mass is 465 g/mol. The van der Waals surface area contributed by atoms with Gasteiger partial charge < -0.3 is 10.1 Å². The minimum atomic E-state index is -0.724. The molecule has 2 aromatic carbocycles. The van der Waals surface area contributed by atoms with Gasteiger partial charge in [0.2, 0.25) is 11.8 Å². The predicted octanol–water partition coefficient (Wildman–Crippen LogP) is 3.41. The largest absolute Gasteiger partial charge is 0.444 e. The van der Waals surface area contributed by atoms with E-state index in [4.69, 9.17) is 4.74 Å². The smallest absolute Gasteiger partial charge is 0.412 e. The highest BCUT2D eigenvalue weighted by Gasteiger charge is 2.31. The molecule has 1 aliphatic rings. The molecule has 0 saturated carbocycles. The number of nitrogens with one attached hydrogen (secondary N) is 3. The molecule has 1 aliphatic heterocycles. The second-order valence-corrected chi connectivity index (χ2v) is 9.21. The third kappa shape index (κ3) is 4.80. The Hall–Kier alpha value is -4.08. The van der Waals surface area contributed by atoms with Gasteiger partial charge in [-0.25, -0.2) is 9.59 Å². The Morgan fingerprint density at radius 2 is 1.65 bits per heavy atom. The lowest BCUT2D eigenvalue weighted by molar-refractivity contribution is -0.135. The number of benzene rings is 2. The Labute approximate surface area is 195 Å². The van der Waals surface area contributed by atoms with Gasteiger partial charge in [0.25, 0.3) is 0 Å². The molecule has 1 aromatic heterocycles. The summed E-state index contributed by atoms with van der Waals surface area (Å²) in [7, 11) is 1.65. The van der Waals surface area contributed by atoms with Gasteiger partial charge in [-0.1, -0.05) is 0 Å². The maximum absolute atomic E-state index is 12.9. The van der Waals surface area contributed by atoms with Crippen molar-refractivity contribution in [2.75, 3.05) is 10.6 Å². The molecule has 1 saturated heterocycles. The van der Waals surface area contributed by atoms with Crippen LogP contribution in [0.25, 0.3) is 11.0 Å². The van der Waals surface area contributed by atoms with Crippen molar-refractivity contribution in [2.24, 2.45) is 7.05 Å². The summed E-state index contributed by atoms with van der Waals surface area (Å²) in [6.07, 6.45) is -0.0505. The zero-order chi connectivity index (χ0) is 24.6. The van der Waals surface area contributed by atoms with Gasteiger partial charge in [-0.3, -0.25) is 29.4 Å². The van der Waals surface area contributed by atoms with Crippen LogP contribution in [-0.4, -0.2) is 32.6 Å². The van der Waals surface area contributed by atoms with Crippen LogP contribution in [0.4, 0.5) is 21.9 Å². The fourth-order valence-electron chi connectivity index (χ4n) is 3.90. The number of carbonyl (C=O) groups excluding carboxylic acids is 3. The molecule has 4 rings (SSSR count). The van der Waals surface area contributed by atoms with Crippen LogP contribution >= 0.6 is 0 Å². The number of nitrogens with zero attached hydrogens (tertiary/aromatic N) is 2. The number of aryl methyl sites for hydroxylation is 1. The average molecular weight is 466 g/mol. The number of ether oxygens (including phenoxy) is 1. The highest BCUT2D eigenvalue weighted by molar-refractivity contribution is 6.00. The molecule has 0 spiro atoms. The Morgan fingerprint density at radius 1 is 1.00 bits per heavy atom. The molecule has 0 radical (unpaired) electrons. The van der Waals surface area contributed by atoms with Gasteiger partial charge in [-0.2, -0.15) is 0 Å². The first-order chi connectivity index (χ1) is 16.0. The number of aromatic nitrogens is 2. The Balaban J connectivity index is 1.53. The van der Waals surface area contributed by atoms with Crippen LogP contribution in [0.3, 0.4) is 0 Å². The lowest BCUT2D eigenvalue weighted by atomic mass is 10.1. The lowest BCUT2D eigenvalue weighted by Gasteiger charge is -2.21. The van der Waals surface area contributed by atoms with Gasteiger partial charge in [0.1, 0.15) is 11.6 Å². The minimum absolute atomic E-state index is 0.192. The summed E-state index contributed by atoms with van der Waals surface area (Å²) in [4.78, 5) is 48.6. The van der Waals surface area contributed by atoms with E-state index in [2.05, 4.69) is 16.0 Å². The van der Waals surface area contributed by atoms with Crippen LogP contribution in [-0.2, 0) is 21.4 Å². The molecular weight excluding hydrogens is 438 g/mol. The summed E-state index contributed by atoms with van der Waals surface area (Å²) in [5.41, 5.74) is 2.49. The second kappa shape index (κ2) is 8.69. The fraction of sp³-hybridized carbons (Fsp3) is 0.333. The topological polar surface area (TPSA) is 123 Å². The van der Waals surface area contributed by atoms with Gasteiger partial charge in [-0.15, -0.1) is 0 Å². The van der Waals surface area contributed by atoms with E-state index in [1.165, 1.54) is 9.13 Å². The zero-order valence-electron chi connectivity index (χ0n) is 19.5. The number of hydrogen-bond donors (Lipinski definition) is 3. The number of amides is 3. The summed E-state index contributed by atoms with van der Waals surface area (Å²) < 4.78 is 8.18. The molecule has 3 amide bonds. The predicted molar refractivity (Wildman–Crippen MR) is 128 cm³/mol. The van der Waals surface area contributed by atoms with Gasteiger partial charge >= 0.3 is 11.8 Å². The highest BCUT2D eigenvalue weighted by atomic mass is 16.6. The van der Waals surface area contributed by atoms with Crippen LogP contribution in [0, 0.1) is 0 Å². The number of hydrogen-bond acceptors (Lipinski definition) is 6. The van der Waals surface area contributed by atoms with E-state index in [1.54, 1.807) is 46.0 Å². The highest BCUT2D eigenvalue weighted by Crippen LogP contribution is 2.27. The third-order valence-corrected chi connectivity index (χ3v) is 5.43. The van der Waals surface area contributed by atoms with Crippen molar-refractivity contribution in [1.82, 2.24) is 14.5 Å². The molecule has 0 aliphatic carbocycles. The summed E-state index contributed by atoms with van der Waals surface area (Å²) in [6.45, 7) is 5.39. The van der Waals surface area contributed by atoms with Crippen LogP contribution in [0.5, 0.6) is 0 Å². The maximum Gasteiger partial charge on any atom is 0.412 e. The van der Waals surface area contributed by atoms with E-state index in [1.807, 2.05) is 24.3 Å². The molecule has 2 heterocycles. The molecule has 3 aromatic rings. The SMILES string of the molecule is Cn1c(=O)n(C2CCC(=O)NC2=O)c2ccc(Nc3ccc(NC(=O)OC(C)(C)C)cc3)cc21. The van der Waals surface area contributed by atoms with E-state index in [-0.39, 0.29) is 24.4 Å². The van der Waals surface area contributed by atoms with Crippen molar-refractivity contribution in [3.63, 3.8) is 0 Å². The number of rotatable bonds is 4. The van der Waals surface area contributed by atoms with Crippen molar-refractivity contribution >= 4 is 46.0 Å². The first-order valence-electron chi connectivity index (χ1n) is 10.9. The van der Waals surface area contributed by atoms with Gasteiger partial charge in [-0.05, 0) is 69.7 Å². The second-order valence-electron chi connectivity index (χ2n) is 9.21. The van der Waals surface area contributed by atoms with Gasteiger partial charge in [0.05, 0.1) is 11.0 Å². The molecule has 34 heavy (non-hydrogen) atoms. The van der Waals surface area contributed by atoms with Crippen LogP contribution in [0.15, 0.2) is 47.3 Å². The summed E-state index contributed by atoms with van der Waals surface area (Å²) in [5, 5.41) is 8.26. The molecule has 10 nitrogen and oxygen atoms in total. The maximum atomic E-state index is 12.9. The van der Waals surface area contributed by atoms with E-state index < -0.39 is 23.6 Å². The van der Waals surface area contributed by atoms with Crippen molar-refractivity contribution in [3.05, 3.63) is 52.9 Å². The van der Waals surface area contributed by atoms with Crippen molar-refractivity contribution in [2.45, 2.75) is 45.3 Å². The van der Waals surface area contributed by atoms with Crippen LogP contribution in [0.2, 0.25) is 0 Å². The molecule has 1 unspecified atom stereocenters. The quantitative estimate of drug-likeness (QED) is 0.508. The molecule has 1 atom stereocenters. The van der Waals surface area contributed by atoms with Crippen LogP contribution < -0.4 is 21.6 Å². The molecule has 1 fully saturated rings. The Kier molecular flexibility index (Phi) is 5.90. The van der Waals surface area contributed by atoms with Crippen LogP contribution in [0.1, 0.15) is 39.7 Å². The number of imidazole rings is 1. The summed E-state index contributed by atoms with van der Waals surface area (Å²) in [5.74, 6) is -0.790. The minimum Gasteiger partial charge on any atom is -0.444 e. The van der Waals surface area contributed by atoms with E-state index in [9.17, 15) is 19.2 Å². The fourth-order valence-corrected chi connectivity index (χ4v) is 3.90. The standard InChI is InChI=1S/C24H27N5O5/c1-24(2,3)34-22(32)26-15-7-5-14(6-8-15)25-16-9-10-17-19(13-16)28(4)23(33)29(17)18-11-12-20(30)27-21(18)31/h5-10,13,18,25H,11-12H2,1-4H3,(H,26,32)(H,27,30,31). The average Bonchev–Trinajstić information content (AvgIpc) is 2.98. The number of piperidine rings is 1. The number of imide groups is 1. The van der Waals surface area contributed by atoms with Gasteiger partial charge in [0.15, 0.2) is 0 Å². The normalized spacial score (nSPS) is 16.3. The number of carbonyl (C=O) groups is 3. The molecule has 3 N–H and O–H groups in total.